The number of rotatable bonds is 1. The molecule has 0 fully saturated rings. The van der Waals surface area contributed by atoms with Crippen LogP contribution < -0.4 is 5.30 Å². The molecule has 0 aliphatic carbocycles. The zero-order valence-corrected chi connectivity index (χ0v) is 15.9. The average Bonchev–Trinajstić information content (AvgIpc) is 2.46. The van der Waals surface area contributed by atoms with Crippen LogP contribution in [0.4, 0.5) is 0 Å². The smallest absolute Gasteiger partial charge is 0.0148 e. The molecule has 0 saturated heterocycles. The van der Waals surface area contributed by atoms with E-state index in [4.69, 9.17) is 0 Å². The van der Waals surface area contributed by atoms with Crippen LogP contribution >= 0.6 is 18.5 Å². The lowest BCUT2D eigenvalue weighted by Gasteiger charge is -2.07. The lowest BCUT2D eigenvalue weighted by molar-refractivity contribution is 1.49. The molecule has 0 bridgehead atoms. The largest absolute Gasteiger partial charge is 0.110 e. The summed E-state index contributed by atoms with van der Waals surface area (Å²) in [5, 5.41) is 5.14. The molecular weight excluding hydrogens is 278 g/mol. The molecule has 0 heterocycles. The SMILES string of the molecule is C/C(P)=C\c1ccc2cc(P)ccc2c1C.CC.CC. The Balaban J connectivity index is 0.000000829. The summed E-state index contributed by atoms with van der Waals surface area (Å²) in [5.41, 5.74) is 2.65. The highest BCUT2D eigenvalue weighted by molar-refractivity contribution is 7.27. The fourth-order valence-electron chi connectivity index (χ4n) is 1.92. The van der Waals surface area contributed by atoms with Crippen LogP contribution in [0.1, 0.15) is 45.7 Å². The highest BCUT2D eigenvalue weighted by Gasteiger charge is 2.01. The van der Waals surface area contributed by atoms with E-state index in [1.807, 2.05) is 27.7 Å². The van der Waals surface area contributed by atoms with Crippen LogP contribution in [-0.2, 0) is 0 Å². The second-order valence-corrected chi connectivity index (χ2v) is 5.73. The van der Waals surface area contributed by atoms with E-state index in [0.717, 1.165) is 0 Å². The molecule has 20 heavy (non-hydrogen) atoms. The number of allylic oxidation sites excluding steroid dienone is 1. The van der Waals surface area contributed by atoms with Crippen LogP contribution in [0, 0.1) is 6.92 Å². The summed E-state index contributed by atoms with van der Waals surface area (Å²) in [7, 11) is 5.47. The van der Waals surface area contributed by atoms with Crippen molar-refractivity contribution in [1.82, 2.24) is 0 Å². The van der Waals surface area contributed by atoms with Gasteiger partial charge in [0, 0.05) is 0 Å². The third-order valence-corrected chi connectivity index (χ3v) is 3.26. The quantitative estimate of drug-likeness (QED) is 0.572. The summed E-state index contributed by atoms with van der Waals surface area (Å²) in [4.78, 5) is 0. The van der Waals surface area contributed by atoms with Gasteiger partial charge in [-0.2, -0.15) is 0 Å². The van der Waals surface area contributed by atoms with Gasteiger partial charge in [-0.15, -0.1) is 18.5 Å². The van der Waals surface area contributed by atoms with Gasteiger partial charge in [0.1, 0.15) is 0 Å². The number of benzene rings is 2. The Kier molecular flexibility index (Phi) is 9.74. The molecule has 0 aliphatic heterocycles. The summed E-state index contributed by atoms with van der Waals surface area (Å²) < 4.78 is 0. The first-order valence-electron chi connectivity index (χ1n) is 7.30. The van der Waals surface area contributed by atoms with E-state index in [-0.39, 0.29) is 0 Å². The van der Waals surface area contributed by atoms with Crippen molar-refractivity contribution in [2.24, 2.45) is 0 Å². The average molecular weight is 306 g/mol. The van der Waals surface area contributed by atoms with Crippen LogP contribution in [0.25, 0.3) is 16.8 Å². The highest BCUT2D eigenvalue weighted by Crippen LogP contribution is 2.24. The van der Waals surface area contributed by atoms with E-state index in [2.05, 4.69) is 68.7 Å². The van der Waals surface area contributed by atoms with Crippen molar-refractivity contribution >= 4 is 40.6 Å². The maximum Gasteiger partial charge on any atom is -0.0148 e. The molecule has 0 N–H and O–H groups in total. The van der Waals surface area contributed by atoms with Crippen molar-refractivity contribution in [2.75, 3.05) is 0 Å². The Labute approximate surface area is 129 Å². The van der Waals surface area contributed by atoms with Gasteiger partial charge in [0.15, 0.2) is 0 Å². The first kappa shape index (κ1) is 19.3. The fourth-order valence-corrected chi connectivity index (χ4v) is 2.38. The summed E-state index contributed by atoms with van der Waals surface area (Å²) in [6.07, 6.45) is 2.20. The van der Waals surface area contributed by atoms with Gasteiger partial charge in [-0.05, 0) is 47.1 Å². The Morgan fingerprint density at radius 2 is 1.60 bits per heavy atom. The molecule has 2 aromatic carbocycles. The van der Waals surface area contributed by atoms with Crippen LogP contribution in [0.2, 0.25) is 0 Å². The third kappa shape index (κ3) is 5.35. The number of hydrogen-bond acceptors (Lipinski definition) is 0. The molecule has 0 nitrogen and oxygen atoms in total. The molecular formula is C18H28P2. The molecule has 2 rings (SSSR count). The molecule has 110 valence electrons. The lowest BCUT2D eigenvalue weighted by Crippen LogP contribution is -1.91. The Morgan fingerprint density at radius 3 is 2.15 bits per heavy atom. The van der Waals surface area contributed by atoms with Gasteiger partial charge in [0.25, 0.3) is 0 Å². The fraction of sp³-hybridized carbons (Fsp3) is 0.333. The summed E-state index contributed by atoms with van der Waals surface area (Å²) in [6.45, 7) is 12.3. The predicted molar refractivity (Wildman–Crippen MR) is 104 cm³/mol. The zero-order chi connectivity index (χ0) is 15.7. The minimum absolute atomic E-state index is 1.23. The van der Waals surface area contributed by atoms with Crippen molar-refractivity contribution in [2.45, 2.75) is 41.5 Å². The van der Waals surface area contributed by atoms with Crippen LogP contribution in [0.5, 0.6) is 0 Å². The second-order valence-electron chi connectivity index (χ2n) is 4.15. The molecule has 2 aromatic rings. The number of aryl methyl sites for hydroxylation is 1. The third-order valence-electron chi connectivity index (χ3n) is 2.74. The summed E-state index contributed by atoms with van der Waals surface area (Å²) in [5.74, 6) is 0. The van der Waals surface area contributed by atoms with Crippen LogP contribution in [-0.4, -0.2) is 0 Å². The van der Waals surface area contributed by atoms with Crippen LogP contribution in [0.15, 0.2) is 35.6 Å². The summed E-state index contributed by atoms with van der Waals surface area (Å²) >= 11 is 0. The molecule has 2 atom stereocenters. The van der Waals surface area contributed by atoms with Crippen molar-refractivity contribution in [1.29, 1.82) is 0 Å². The first-order chi connectivity index (χ1) is 9.58. The minimum atomic E-state index is 1.23. The normalized spacial score (nSPS) is 10.3. The predicted octanol–water partition coefficient (Wildman–Crippen LogP) is 5.94. The molecule has 0 radical (unpaired) electrons. The molecule has 0 amide bonds. The maximum atomic E-state index is 2.74. The molecule has 0 aromatic heterocycles. The number of hydrogen-bond donors (Lipinski definition) is 0. The van der Waals surface area contributed by atoms with Crippen molar-refractivity contribution in [3.8, 4) is 0 Å². The van der Waals surface area contributed by atoms with E-state index in [9.17, 15) is 0 Å². The van der Waals surface area contributed by atoms with Crippen molar-refractivity contribution in [3.05, 3.63) is 46.8 Å². The summed E-state index contributed by atoms with van der Waals surface area (Å²) in [6, 6.07) is 10.9. The van der Waals surface area contributed by atoms with Crippen molar-refractivity contribution < 1.29 is 0 Å². The minimum Gasteiger partial charge on any atom is -0.110 e. The second kappa shape index (κ2) is 10.1. The van der Waals surface area contributed by atoms with Gasteiger partial charge in [-0.3, -0.25) is 0 Å². The van der Waals surface area contributed by atoms with Crippen LogP contribution in [0.3, 0.4) is 0 Å². The standard InChI is InChI=1S/C14H16P2.2C2H6/c1-9(15)7-11-3-4-12-8-13(16)5-6-14(12)10(11)2;2*1-2/h3-8H,15-16H2,1-2H3;2*1-2H3/b9-7+;;. The van der Waals surface area contributed by atoms with Gasteiger partial charge in [0.05, 0.1) is 0 Å². The van der Waals surface area contributed by atoms with Gasteiger partial charge in [-0.25, -0.2) is 0 Å². The van der Waals surface area contributed by atoms with E-state index in [1.54, 1.807) is 0 Å². The maximum absolute atomic E-state index is 2.74. The molecule has 0 aliphatic rings. The van der Waals surface area contributed by atoms with Gasteiger partial charge in [-0.1, -0.05) is 63.4 Å². The first-order valence-corrected chi connectivity index (χ1v) is 8.46. The monoisotopic (exact) mass is 306 g/mol. The Bertz CT molecular complexity index is 565. The molecule has 2 heteroatoms. The molecule has 2 unspecified atom stereocenters. The van der Waals surface area contributed by atoms with E-state index in [0.29, 0.717) is 0 Å². The Hall–Kier alpha value is -0.700. The van der Waals surface area contributed by atoms with Crippen molar-refractivity contribution in [3.63, 3.8) is 0 Å². The van der Waals surface area contributed by atoms with E-state index >= 15 is 0 Å². The van der Waals surface area contributed by atoms with E-state index < -0.39 is 0 Å². The van der Waals surface area contributed by atoms with Gasteiger partial charge < -0.3 is 0 Å². The Morgan fingerprint density at radius 1 is 1.00 bits per heavy atom. The van der Waals surface area contributed by atoms with E-state index in [1.165, 1.54) is 32.5 Å². The molecule has 0 saturated carbocycles. The van der Waals surface area contributed by atoms with Gasteiger partial charge in [0.2, 0.25) is 0 Å². The lowest BCUT2D eigenvalue weighted by atomic mass is 10.00. The topological polar surface area (TPSA) is 0 Å². The van der Waals surface area contributed by atoms with Gasteiger partial charge >= 0.3 is 0 Å². The zero-order valence-electron chi connectivity index (χ0n) is 13.6. The number of fused-ring (bicyclic) bond motifs is 1. The highest BCUT2D eigenvalue weighted by atomic mass is 31.0. The molecule has 0 spiro atoms.